The first kappa shape index (κ1) is 14.8. The van der Waals surface area contributed by atoms with Crippen LogP contribution >= 0.6 is 0 Å². The van der Waals surface area contributed by atoms with Crippen molar-refractivity contribution in [2.24, 2.45) is 0 Å². The Morgan fingerprint density at radius 2 is 1.83 bits per heavy atom. The molecule has 0 N–H and O–H groups in total. The third-order valence-electron chi connectivity index (χ3n) is 2.44. The van der Waals surface area contributed by atoms with Crippen LogP contribution in [0.3, 0.4) is 0 Å². The number of hydrogen-bond acceptors (Lipinski definition) is 3. The van der Waals surface area contributed by atoms with Gasteiger partial charge in [0.05, 0.1) is 10.6 Å². The molecule has 0 bridgehead atoms. The highest BCUT2D eigenvalue weighted by Crippen LogP contribution is 2.16. The van der Waals surface area contributed by atoms with E-state index in [9.17, 15) is 22.0 Å². The minimum Gasteiger partial charge on any atom is -0.300 e. The van der Waals surface area contributed by atoms with E-state index in [0.717, 1.165) is 12.1 Å². The molecule has 100 valence electrons. The molecular formula is C12H14F2O3S. The Kier molecular flexibility index (Phi) is 4.95. The minimum atomic E-state index is -3.62. The molecule has 3 nitrogen and oxygen atoms in total. The fraction of sp³-hybridized carbons (Fsp3) is 0.417. The highest BCUT2D eigenvalue weighted by molar-refractivity contribution is 7.91. The summed E-state index contributed by atoms with van der Waals surface area (Å²) in [5.41, 5.74) is 0. The molecule has 18 heavy (non-hydrogen) atoms. The molecular weight excluding hydrogens is 262 g/mol. The molecule has 0 radical (unpaired) electrons. The maximum Gasteiger partial charge on any atom is 0.178 e. The summed E-state index contributed by atoms with van der Waals surface area (Å²) in [5.74, 6) is -2.43. The van der Waals surface area contributed by atoms with Crippen molar-refractivity contribution in [2.45, 2.75) is 31.1 Å². The molecule has 0 heterocycles. The zero-order valence-corrected chi connectivity index (χ0v) is 10.8. The van der Waals surface area contributed by atoms with Crippen LogP contribution in [0.1, 0.15) is 26.2 Å². The van der Waals surface area contributed by atoms with Gasteiger partial charge in [-0.05, 0) is 38.0 Å². The fourth-order valence-corrected chi connectivity index (χ4v) is 2.83. The quantitative estimate of drug-likeness (QED) is 0.592. The first-order valence-electron chi connectivity index (χ1n) is 5.50. The lowest BCUT2D eigenvalue weighted by molar-refractivity contribution is -0.117. The van der Waals surface area contributed by atoms with Gasteiger partial charge in [-0.2, -0.15) is 0 Å². The van der Waals surface area contributed by atoms with Crippen LogP contribution in [0, 0.1) is 11.6 Å². The van der Waals surface area contributed by atoms with E-state index < -0.39 is 21.5 Å². The summed E-state index contributed by atoms with van der Waals surface area (Å²) in [6, 6.07) is 2.51. The fourth-order valence-electron chi connectivity index (χ4n) is 1.45. The second kappa shape index (κ2) is 6.04. The molecule has 0 aromatic heterocycles. The molecule has 0 aliphatic carbocycles. The molecule has 1 aromatic rings. The second-order valence-electron chi connectivity index (χ2n) is 4.05. The van der Waals surface area contributed by atoms with Gasteiger partial charge in [-0.3, -0.25) is 0 Å². The molecule has 0 saturated carbocycles. The van der Waals surface area contributed by atoms with Crippen molar-refractivity contribution < 1.29 is 22.0 Å². The van der Waals surface area contributed by atoms with Gasteiger partial charge in [0.25, 0.3) is 0 Å². The molecule has 0 amide bonds. The molecule has 0 fully saturated rings. The summed E-state index contributed by atoms with van der Waals surface area (Å²) in [5, 5.41) is 0. The zero-order chi connectivity index (χ0) is 13.8. The number of unbranched alkanes of at least 4 members (excludes halogenated alkanes) is 1. The lowest BCUT2D eigenvalue weighted by atomic mass is 10.2. The normalized spacial score (nSPS) is 11.5. The first-order valence-corrected chi connectivity index (χ1v) is 7.15. The van der Waals surface area contributed by atoms with E-state index in [4.69, 9.17) is 0 Å². The van der Waals surface area contributed by atoms with Crippen molar-refractivity contribution in [3.8, 4) is 0 Å². The number of sulfone groups is 1. The lowest BCUT2D eigenvalue weighted by Crippen LogP contribution is -2.08. The summed E-state index contributed by atoms with van der Waals surface area (Å²) in [6.07, 6.45) is 1.12. The average molecular weight is 276 g/mol. The summed E-state index contributed by atoms with van der Waals surface area (Å²) < 4.78 is 49.1. The number of carbonyl (C=O) groups is 1. The Balaban J connectivity index is 2.68. The van der Waals surface area contributed by atoms with E-state index in [0.29, 0.717) is 25.3 Å². The maximum absolute atomic E-state index is 12.9. The molecule has 1 aromatic carbocycles. The summed E-state index contributed by atoms with van der Waals surface area (Å²) >= 11 is 0. The second-order valence-corrected chi connectivity index (χ2v) is 6.16. The van der Waals surface area contributed by atoms with Crippen molar-refractivity contribution >= 4 is 15.6 Å². The van der Waals surface area contributed by atoms with Gasteiger partial charge < -0.3 is 4.79 Å². The van der Waals surface area contributed by atoms with Gasteiger partial charge in [-0.15, -0.1) is 0 Å². The Morgan fingerprint density at radius 1 is 1.17 bits per heavy atom. The van der Waals surface area contributed by atoms with Crippen LogP contribution < -0.4 is 0 Å². The summed E-state index contributed by atoms with van der Waals surface area (Å²) in [7, 11) is -3.62. The van der Waals surface area contributed by atoms with Crippen LogP contribution in [-0.4, -0.2) is 20.0 Å². The summed E-state index contributed by atoms with van der Waals surface area (Å²) in [4.78, 5) is 10.4. The number of halogens is 2. The van der Waals surface area contributed by atoms with Gasteiger partial charge in [-0.1, -0.05) is 0 Å². The average Bonchev–Trinajstić information content (AvgIpc) is 2.28. The molecule has 0 unspecified atom stereocenters. The van der Waals surface area contributed by atoms with Crippen LogP contribution in [0.25, 0.3) is 0 Å². The minimum absolute atomic E-state index is 0.000208. The number of ketones is 1. The van der Waals surface area contributed by atoms with Crippen LogP contribution in [0.15, 0.2) is 23.1 Å². The van der Waals surface area contributed by atoms with Gasteiger partial charge in [0, 0.05) is 6.42 Å². The SMILES string of the molecule is CC(=O)CCCCS(=O)(=O)c1ccc(F)c(F)c1. The van der Waals surface area contributed by atoms with Crippen molar-refractivity contribution in [1.82, 2.24) is 0 Å². The smallest absolute Gasteiger partial charge is 0.178 e. The Hall–Kier alpha value is -1.30. The molecule has 0 saturated heterocycles. The lowest BCUT2D eigenvalue weighted by Gasteiger charge is -2.04. The van der Waals surface area contributed by atoms with E-state index >= 15 is 0 Å². The maximum atomic E-state index is 12.9. The first-order chi connectivity index (χ1) is 8.33. The Labute approximate surface area is 105 Å². The third-order valence-corrected chi connectivity index (χ3v) is 4.24. The van der Waals surface area contributed by atoms with Crippen LogP contribution in [0.4, 0.5) is 8.78 Å². The highest BCUT2D eigenvalue weighted by Gasteiger charge is 2.16. The number of Topliss-reactive ketones (excluding diaryl/α,β-unsaturated/α-hetero) is 1. The molecule has 0 atom stereocenters. The van der Waals surface area contributed by atoms with Crippen LogP contribution in [0.2, 0.25) is 0 Å². The Morgan fingerprint density at radius 3 is 2.39 bits per heavy atom. The van der Waals surface area contributed by atoms with E-state index in [2.05, 4.69) is 0 Å². The van der Waals surface area contributed by atoms with Crippen LogP contribution in [0.5, 0.6) is 0 Å². The topological polar surface area (TPSA) is 51.2 Å². The number of rotatable bonds is 6. The highest BCUT2D eigenvalue weighted by atomic mass is 32.2. The van der Waals surface area contributed by atoms with Crippen molar-refractivity contribution in [1.29, 1.82) is 0 Å². The number of carbonyl (C=O) groups excluding carboxylic acids is 1. The van der Waals surface area contributed by atoms with E-state index in [1.807, 2.05) is 0 Å². The van der Waals surface area contributed by atoms with Crippen molar-refractivity contribution in [3.05, 3.63) is 29.8 Å². The standard InChI is InChI=1S/C12H14F2O3S/c1-9(15)4-2-3-7-18(16,17)10-5-6-11(13)12(14)8-10/h5-6,8H,2-4,7H2,1H3. The molecule has 0 spiro atoms. The predicted octanol–water partition coefficient (Wildman–Crippen LogP) is 2.50. The van der Waals surface area contributed by atoms with E-state index in [1.165, 1.54) is 6.92 Å². The van der Waals surface area contributed by atoms with E-state index in [-0.39, 0.29) is 16.4 Å². The molecule has 0 aliphatic rings. The van der Waals surface area contributed by atoms with Crippen molar-refractivity contribution in [3.63, 3.8) is 0 Å². The third kappa shape index (κ3) is 4.18. The van der Waals surface area contributed by atoms with Crippen molar-refractivity contribution in [2.75, 3.05) is 5.75 Å². The zero-order valence-electron chi connectivity index (χ0n) is 9.95. The Bertz CT molecular complexity index is 538. The predicted molar refractivity (Wildman–Crippen MR) is 62.9 cm³/mol. The summed E-state index contributed by atoms with van der Waals surface area (Å²) in [6.45, 7) is 1.43. The molecule has 1 rings (SSSR count). The van der Waals surface area contributed by atoms with Crippen LogP contribution in [-0.2, 0) is 14.6 Å². The van der Waals surface area contributed by atoms with E-state index in [1.54, 1.807) is 0 Å². The molecule has 0 aliphatic heterocycles. The van der Waals surface area contributed by atoms with Gasteiger partial charge in [0.1, 0.15) is 5.78 Å². The van der Waals surface area contributed by atoms with Gasteiger partial charge >= 0.3 is 0 Å². The molecule has 6 heteroatoms. The number of benzene rings is 1. The monoisotopic (exact) mass is 276 g/mol. The van der Waals surface area contributed by atoms with Gasteiger partial charge in [0.15, 0.2) is 21.5 Å². The van der Waals surface area contributed by atoms with Gasteiger partial charge in [-0.25, -0.2) is 17.2 Å². The van der Waals surface area contributed by atoms with Gasteiger partial charge in [0.2, 0.25) is 0 Å². The number of hydrogen-bond donors (Lipinski definition) is 0. The largest absolute Gasteiger partial charge is 0.300 e.